The minimum absolute atomic E-state index is 0.0258. The molecule has 3 heterocycles. The van der Waals surface area contributed by atoms with Crippen LogP contribution in [0.5, 0.6) is 0 Å². The van der Waals surface area contributed by atoms with Gasteiger partial charge in [-0.1, -0.05) is 12.1 Å². The van der Waals surface area contributed by atoms with Gasteiger partial charge in [-0.05, 0) is 47.0 Å². The first kappa shape index (κ1) is 25.4. The molecule has 38 heavy (non-hydrogen) atoms. The third-order valence-electron chi connectivity index (χ3n) is 6.19. The molecular weight excluding hydrogens is 519 g/mol. The van der Waals surface area contributed by atoms with Crippen molar-refractivity contribution in [2.45, 2.75) is 24.8 Å². The van der Waals surface area contributed by atoms with Crippen molar-refractivity contribution >= 4 is 11.6 Å². The van der Waals surface area contributed by atoms with Crippen LogP contribution in [-0.4, -0.2) is 25.7 Å². The van der Waals surface area contributed by atoms with Gasteiger partial charge in [-0.3, -0.25) is 9.78 Å². The van der Waals surface area contributed by atoms with E-state index in [9.17, 15) is 31.1 Å². The van der Waals surface area contributed by atoms with Crippen molar-refractivity contribution in [3.8, 4) is 11.1 Å². The number of alkyl halides is 6. The van der Waals surface area contributed by atoms with E-state index >= 15 is 4.39 Å². The predicted octanol–water partition coefficient (Wildman–Crippen LogP) is 6.00. The normalized spacial score (nSPS) is 14.6. The molecule has 0 saturated heterocycles. The summed E-state index contributed by atoms with van der Waals surface area (Å²) in [4.78, 5) is 17.8. The predicted molar refractivity (Wildman–Crippen MR) is 120 cm³/mol. The summed E-state index contributed by atoms with van der Waals surface area (Å²) >= 11 is 0. The standard InChI is InChI=1S/C25H16F7N5O/c1-36-12-34-35-23(36)24(28,29)21(27)13-3-2-4-17(6-13)37-11-19-18(22(37)38)7-14(8-20(19)25(30,31)32)15-5-16(26)10-33-9-15/h2-10,12,21H,11H2,1H3. The number of benzene rings is 2. The van der Waals surface area contributed by atoms with E-state index in [0.717, 1.165) is 52.5 Å². The molecule has 0 aliphatic carbocycles. The highest BCUT2D eigenvalue weighted by atomic mass is 19.4. The second-order valence-corrected chi connectivity index (χ2v) is 8.68. The molecule has 0 spiro atoms. The summed E-state index contributed by atoms with van der Waals surface area (Å²) in [6, 6.07) is 7.52. The van der Waals surface area contributed by atoms with Crippen LogP contribution >= 0.6 is 0 Å². The maximum Gasteiger partial charge on any atom is 0.416 e. The van der Waals surface area contributed by atoms with Crippen molar-refractivity contribution in [3.63, 3.8) is 0 Å². The largest absolute Gasteiger partial charge is 0.416 e. The third-order valence-corrected chi connectivity index (χ3v) is 6.19. The van der Waals surface area contributed by atoms with E-state index < -0.39 is 53.5 Å². The minimum Gasteiger partial charge on any atom is -0.316 e. The van der Waals surface area contributed by atoms with Crippen LogP contribution in [0, 0.1) is 5.82 Å². The van der Waals surface area contributed by atoms with Gasteiger partial charge in [0.25, 0.3) is 5.91 Å². The molecule has 13 heteroatoms. The van der Waals surface area contributed by atoms with Crippen LogP contribution in [0.1, 0.15) is 39.0 Å². The average molecular weight is 535 g/mol. The van der Waals surface area contributed by atoms with Crippen LogP contribution < -0.4 is 4.90 Å². The number of hydrogen-bond donors (Lipinski definition) is 0. The zero-order chi connectivity index (χ0) is 27.4. The van der Waals surface area contributed by atoms with E-state index in [1.165, 1.54) is 25.2 Å². The molecule has 0 radical (unpaired) electrons. The lowest BCUT2D eigenvalue weighted by molar-refractivity contribution is -0.138. The van der Waals surface area contributed by atoms with Gasteiger partial charge in [-0.25, -0.2) is 8.78 Å². The summed E-state index contributed by atoms with van der Waals surface area (Å²) in [5, 5.41) is 6.60. The minimum atomic E-state index is -4.86. The topological polar surface area (TPSA) is 63.9 Å². The monoisotopic (exact) mass is 535 g/mol. The van der Waals surface area contributed by atoms with Crippen LogP contribution in [0.15, 0.2) is 61.2 Å². The van der Waals surface area contributed by atoms with E-state index in [2.05, 4.69) is 15.2 Å². The molecule has 1 aliphatic heterocycles. The fourth-order valence-corrected chi connectivity index (χ4v) is 4.36. The highest BCUT2D eigenvalue weighted by Gasteiger charge is 2.47. The van der Waals surface area contributed by atoms with Crippen molar-refractivity contribution in [1.29, 1.82) is 0 Å². The first-order chi connectivity index (χ1) is 17.9. The molecule has 196 valence electrons. The zero-order valence-electron chi connectivity index (χ0n) is 19.3. The van der Waals surface area contributed by atoms with Gasteiger partial charge in [0, 0.05) is 30.1 Å². The lowest BCUT2D eigenvalue weighted by Gasteiger charge is -2.22. The number of carbonyl (C=O) groups is 1. The number of pyridine rings is 1. The number of anilines is 1. The first-order valence-electron chi connectivity index (χ1n) is 11.0. The number of amides is 1. The summed E-state index contributed by atoms with van der Waals surface area (Å²) in [5.41, 5.74) is -2.41. The van der Waals surface area contributed by atoms with Gasteiger partial charge in [0.2, 0.25) is 5.82 Å². The molecule has 0 bridgehead atoms. The molecule has 2 aromatic heterocycles. The van der Waals surface area contributed by atoms with Gasteiger partial charge in [0.05, 0.1) is 18.3 Å². The van der Waals surface area contributed by atoms with Crippen LogP contribution in [0.4, 0.5) is 36.4 Å². The first-order valence-corrected chi connectivity index (χ1v) is 11.0. The fraction of sp³-hybridized carbons (Fsp3) is 0.200. The molecule has 1 aliphatic rings. The van der Waals surface area contributed by atoms with E-state index in [0.29, 0.717) is 0 Å². The lowest BCUT2D eigenvalue weighted by atomic mass is 9.96. The summed E-state index contributed by atoms with van der Waals surface area (Å²) < 4.78 is 101. The van der Waals surface area contributed by atoms with Gasteiger partial charge < -0.3 is 9.47 Å². The molecule has 1 amide bonds. The smallest absolute Gasteiger partial charge is 0.316 e. The molecule has 1 unspecified atom stereocenters. The second-order valence-electron chi connectivity index (χ2n) is 8.68. The Labute approximate surface area is 210 Å². The van der Waals surface area contributed by atoms with Crippen molar-refractivity contribution in [3.05, 3.63) is 95.1 Å². The van der Waals surface area contributed by atoms with Gasteiger partial charge in [-0.2, -0.15) is 22.0 Å². The van der Waals surface area contributed by atoms with E-state index in [4.69, 9.17) is 0 Å². The Morgan fingerprint density at radius 2 is 1.76 bits per heavy atom. The van der Waals surface area contributed by atoms with Crippen molar-refractivity contribution in [2.24, 2.45) is 7.05 Å². The zero-order valence-corrected chi connectivity index (χ0v) is 19.3. The highest BCUT2D eigenvalue weighted by molar-refractivity contribution is 6.11. The van der Waals surface area contributed by atoms with Gasteiger partial charge in [0.1, 0.15) is 12.1 Å². The molecule has 5 rings (SSSR count). The summed E-state index contributed by atoms with van der Waals surface area (Å²) in [5.74, 6) is -6.64. The van der Waals surface area contributed by atoms with E-state index in [-0.39, 0.29) is 27.9 Å². The quantitative estimate of drug-likeness (QED) is 0.294. The Balaban J connectivity index is 1.54. The lowest BCUT2D eigenvalue weighted by Crippen LogP contribution is -2.26. The van der Waals surface area contributed by atoms with E-state index in [1.54, 1.807) is 0 Å². The van der Waals surface area contributed by atoms with Gasteiger partial charge in [0.15, 0.2) is 6.17 Å². The Morgan fingerprint density at radius 3 is 2.42 bits per heavy atom. The second kappa shape index (κ2) is 8.92. The molecule has 2 aromatic carbocycles. The Kier molecular flexibility index (Phi) is 5.96. The van der Waals surface area contributed by atoms with Crippen molar-refractivity contribution < 1.29 is 35.5 Å². The maximum atomic E-state index is 15.1. The number of hydrogen-bond acceptors (Lipinski definition) is 4. The average Bonchev–Trinajstić information content (AvgIpc) is 3.46. The summed E-state index contributed by atoms with van der Waals surface area (Å²) in [6.07, 6.45) is -4.72. The van der Waals surface area contributed by atoms with Crippen molar-refractivity contribution in [2.75, 3.05) is 4.90 Å². The Morgan fingerprint density at radius 1 is 1.00 bits per heavy atom. The van der Waals surface area contributed by atoms with Crippen molar-refractivity contribution in [1.82, 2.24) is 19.7 Å². The molecule has 6 nitrogen and oxygen atoms in total. The number of halogens is 7. The van der Waals surface area contributed by atoms with Crippen LogP contribution in [0.25, 0.3) is 11.1 Å². The number of nitrogens with zero attached hydrogens (tertiary/aromatic N) is 5. The number of carbonyl (C=O) groups excluding carboxylic acids is 1. The van der Waals surface area contributed by atoms with Crippen LogP contribution in [-0.2, 0) is 25.7 Å². The number of rotatable bonds is 5. The molecule has 0 saturated carbocycles. The summed E-state index contributed by atoms with van der Waals surface area (Å²) in [7, 11) is 1.22. The van der Waals surface area contributed by atoms with Gasteiger partial charge >= 0.3 is 12.1 Å². The number of aryl methyl sites for hydroxylation is 1. The summed E-state index contributed by atoms with van der Waals surface area (Å²) in [6.45, 7) is -0.537. The van der Waals surface area contributed by atoms with Crippen LogP contribution in [0.3, 0.4) is 0 Å². The Bertz CT molecular complexity index is 1550. The van der Waals surface area contributed by atoms with E-state index in [1.807, 2.05) is 0 Å². The van der Waals surface area contributed by atoms with Gasteiger partial charge in [-0.15, -0.1) is 10.2 Å². The molecular formula is C25H16F7N5O. The maximum absolute atomic E-state index is 15.1. The molecule has 0 N–H and O–H groups in total. The third kappa shape index (κ3) is 4.27. The molecule has 1 atom stereocenters. The highest BCUT2D eigenvalue weighted by Crippen LogP contribution is 2.44. The Hall–Kier alpha value is -4.29. The SMILES string of the molecule is Cn1cnnc1C(F)(F)C(F)c1cccc(N2Cc3c(cc(-c4cncc(F)c4)cc3C(F)(F)F)C2=O)c1. The number of fused-ring (bicyclic) bond motifs is 1. The molecule has 4 aromatic rings. The fourth-order valence-electron chi connectivity index (χ4n) is 4.36. The molecule has 0 fully saturated rings. The van der Waals surface area contributed by atoms with Crippen LogP contribution in [0.2, 0.25) is 0 Å². The number of aromatic nitrogens is 4.